The van der Waals surface area contributed by atoms with Gasteiger partial charge in [0.2, 0.25) is 0 Å². The summed E-state index contributed by atoms with van der Waals surface area (Å²) in [7, 11) is 0. The van der Waals surface area contributed by atoms with Crippen LogP contribution in [0.3, 0.4) is 0 Å². The first-order chi connectivity index (χ1) is 18.7. The van der Waals surface area contributed by atoms with E-state index in [2.05, 4.69) is 25.5 Å². The summed E-state index contributed by atoms with van der Waals surface area (Å²) in [6.07, 6.45) is 3.45. The Morgan fingerprint density at radius 2 is 1.32 bits per heavy atom. The fourth-order valence-corrected chi connectivity index (χ4v) is 4.37. The van der Waals surface area contributed by atoms with Crippen molar-refractivity contribution in [2.24, 2.45) is 0 Å². The van der Waals surface area contributed by atoms with Crippen molar-refractivity contribution in [1.82, 2.24) is 19.9 Å². The first kappa shape index (κ1) is 23.5. The number of carbonyl (C=O) groups is 1. The van der Waals surface area contributed by atoms with Gasteiger partial charge in [-0.1, -0.05) is 12.1 Å². The molecule has 3 aromatic heterocycles. The molecular formula is C29H25N7O2. The van der Waals surface area contributed by atoms with E-state index in [4.69, 9.17) is 14.7 Å². The third-order valence-electron chi connectivity index (χ3n) is 6.24. The number of carbonyl (C=O) groups excluding carboxylic acids is 1. The lowest BCUT2D eigenvalue weighted by Crippen LogP contribution is -2.36. The predicted octanol–water partition coefficient (Wildman–Crippen LogP) is 5.23. The van der Waals surface area contributed by atoms with Crippen LogP contribution in [0.2, 0.25) is 0 Å². The third-order valence-corrected chi connectivity index (χ3v) is 6.24. The van der Waals surface area contributed by atoms with Crippen molar-refractivity contribution < 1.29 is 9.53 Å². The number of hydrogen-bond acceptors (Lipinski definition) is 7. The molecule has 0 aliphatic carbocycles. The van der Waals surface area contributed by atoms with Gasteiger partial charge in [0.15, 0.2) is 0 Å². The number of aromatic nitrogens is 4. The maximum Gasteiger partial charge on any atom is 0.323 e. The number of anilines is 3. The second kappa shape index (κ2) is 10.6. The molecule has 9 nitrogen and oxygen atoms in total. The Morgan fingerprint density at radius 3 is 1.95 bits per heavy atom. The molecule has 0 radical (unpaired) electrons. The summed E-state index contributed by atoms with van der Waals surface area (Å²) in [5, 5.41) is 5.78. The molecule has 0 saturated carbocycles. The van der Waals surface area contributed by atoms with Crippen LogP contribution in [-0.4, -0.2) is 52.3 Å². The van der Waals surface area contributed by atoms with Crippen molar-refractivity contribution in [3.05, 3.63) is 91.3 Å². The minimum atomic E-state index is -0.341. The first-order valence-electron chi connectivity index (χ1n) is 12.4. The monoisotopic (exact) mass is 503 g/mol. The summed E-state index contributed by atoms with van der Waals surface area (Å²) >= 11 is 0. The number of ether oxygens (including phenoxy) is 1. The number of urea groups is 1. The number of amides is 2. The van der Waals surface area contributed by atoms with Crippen molar-refractivity contribution in [3.8, 4) is 22.8 Å². The SMILES string of the molecule is O=C(Nc1ccc(N2CCOCC2)cc1)Nc1ccc2nc(-c3ccccn3)c(-c3ccccn3)nc2c1. The van der Waals surface area contributed by atoms with Gasteiger partial charge in [0.05, 0.1) is 35.6 Å². The molecule has 0 atom stereocenters. The second-order valence-corrected chi connectivity index (χ2v) is 8.78. The number of rotatable bonds is 5. The molecule has 6 rings (SSSR count). The molecule has 0 spiro atoms. The zero-order valence-electron chi connectivity index (χ0n) is 20.5. The van der Waals surface area contributed by atoms with Gasteiger partial charge in [-0.3, -0.25) is 9.97 Å². The van der Waals surface area contributed by atoms with Crippen LogP contribution in [0.1, 0.15) is 0 Å². The van der Waals surface area contributed by atoms with Gasteiger partial charge >= 0.3 is 6.03 Å². The van der Waals surface area contributed by atoms with Crippen molar-refractivity contribution >= 4 is 34.1 Å². The number of nitrogens with zero attached hydrogens (tertiary/aromatic N) is 5. The van der Waals surface area contributed by atoms with Gasteiger partial charge in [0.1, 0.15) is 11.4 Å². The summed E-state index contributed by atoms with van der Waals surface area (Å²) in [6.45, 7) is 3.19. The average molecular weight is 504 g/mol. The van der Waals surface area contributed by atoms with Gasteiger partial charge in [-0.15, -0.1) is 0 Å². The highest BCUT2D eigenvalue weighted by Gasteiger charge is 2.16. The maximum atomic E-state index is 12.7. The molecule has 0 unspecified atom stereocenters. The number of benzene rings is 2. The van der Waals surface area contributed by atoms with E-state index in [1.165, 1.54) is 0 Å². The fraction of sp³-hybridized carbons (Fsp3) is 0.138. The van der Waals surface area contributed by atoms with Crippen LogP contribution in [-0.2, 0) is 4.74 Å². The Bertz CT molecular complexity index is 1560. The Kier molecular flexibility index (Phi) is 6.57. The predicted molar refractivity (Wildman–Crippen MR) is 148 cm³/mol. The molecule has 2 amide bonds. The van der Waals surface area contributed by atoms with Gasteiger partial charge < -0.3 is 20.3 Å². The van der Waals surface area contributed by atoms with Crippen LogP contribution in [0.15, 0.2) is 91.3 Å². The number of fused-ring (bicyclic) bond motifs is 1. The second-order valence-electron chi connectivity index (χ2n) is 8.78. The molecule has 2 aromatic carbocycles. The smallest absolute Gasteiger partial charge is 0.323 e. The lowest BCUT2D eigenvalue weighted by Gasteiger charge is -2.28. The van der Waals surface area contributed by atoms with Crippen LogP contribution < -0.4 is 15.5 Å². The summed E-state index contributed by atoms with van der Waals surface area (Å²) in [5.74, 6) is 0. The normalized spacial score (nSPS) is 13.3. The van der Waals surface area contributed by atoms with E-state index in [1.54, 1.807) is 24.5 Å². The summed E-state index contributed by atoms with van der Waals surface area (Å²) < 4.78 is 5.41. The number of nitrogens with one attached hydrogen (secondary N) is 2. The van der Waals surface area contributed by atoms with Crippen molar-refractivity contribution in [3.63, 3.8) is 0 Å². The molecule has 1 fully saturated rings. The van der Waals surface area contributed by atoms with E-state index in [-0.39, 0.29) is 6.03 Å². The van der Waals surface area contributed by atoms with E-state index in [1.807, 2.05) is 66.7 Å². The van der Waals surface area contributed by atoms with Crippen LogP contribution in [0.25, 0.3) is 33.8 Å². The number of pyridine rings is 2. The highest BCUT2D eigenvalue weighted by atomic mass is 16.5. The van der Waals surface area contributed by atoms with Gasteiger partial charge in [0, 0.05) is 42.5 Å². The molecule has 38 heavy (non-hydrogen) atoms. The first-order valence-corrected chi connectivity index (χ1v) is 12.4. The quantitative estimate of drug-likeness (QED) is 0.338. The van der Waals surface area contributed by atoms with Crippen LogP contribution in [0, 0.1) is 0 Å². The number of morpholine rings is 1. The van der Waals surface area contributed by atoms with E-state index in [0.29, 0.717) is 45.2 Å². The Morgan fingerprint density at radius 1 is 0.711 bits per heavy atom. The zero-order valence-corrected chi connectivity index (χ0v) is 20.5. The molecule has 1 saturated heterocycles. The van der Waals surface area contributed by atoms with Crippen molar-refractivity contribution in [2.75, 3.05) is 41.8 Å². The fourth-order valence-electron chi connectivity index (χ4n) is 4.37. The average Bonchev–Trinajstić information content (AvgIpc) is 2.98. The Labute approximate surface area is 219 Å². The summed E-state index contributed by atoms with van der Waals surface area (Å²) in [6, 6.07) is 24.2. The number of hydrogen-bond donors (Lipinski definition) is 2. The summed E-state index contributed by atoms with van der Waals surface area (Å²) in [5.41, 5.74) is 6.43. The molecule has 5 aromatic rings. The van der Waals surface area contributed by atoms with Gasteiger partial charge in [-0.05, 0) is 66.7 Å². The zero-order chi connectivity index (χ0) is 25.7. The van der Waals surface area contributed by atoms with Crippen LogP contribution >= 0.6 is 0 Å². The molecule has 2 N–H and O–H groups in total. The standard InChI is InChI=1S/C29H25N7O2/c37-29(32-20-7-10-22(11-8-20)36-15-17-38-18-16-36)33-21-9-12-23-26(19-21)35-28(25-6-2-4-14-31-25)27(34-23)24-5-1-3-13-30-24/h1-14,19H,15-18H2,(H2,32,33,37). The maximum absolute atomic E-state index is 12.7. The molecule has 1 aliphatic heterocycles. The summed E-state index contributed by atoms with van der Waals surface area (Å²) in [4.78, 5) is 33.7. The Hall–Kier alpha value is -4.89. The van der Waals surface area contributed by atoms with Gasteiger partial charge in [-0.2, -0.15) is 0 Å². The topological polar surface area (TPSA) is 105 Å². The molecule has 9 heteroatoms. The van der Waals surface area contributed by atoms with Gasteiger partial charge in [0.25, 0.3) is 0 Å². The molecule has 4 heterocycles. The molecular weight excluding hydrogens is 478 g/mol. The third kappa shape index (κ3) is 5.14. The minimum absolute atomic E-state index is 0.341. The molecule has 0 bridgehead atoms. The van der Waals surface area contributed by atoms with E-state index >= 15 is 0 Å². The van der Waals surface area contributed by atoms with E-state index < -0.39 is 0 Å². The lowest BCUT2D eigenvalue weighted by atomic mass is 10.1. The molecule has 188 valence electrons. The molecule has 1 aliphatic rings. The largest absolute Gasteiger partial charge is 0.378 e. The van der Waals surface area contributed by atoms with Crippen LogP contribution in [0.5, 0.6) is 0 Å². The van der Waals surface area contributed by atoms with E-state index in [9.17, 15) is 4.79 Å². The van der Waals surface area contributed by atoms with Crippen molar-refractivity contribution in [2.45, 2.75) is 0 Å². The van der Waals surface area contributed by atoms with Gasteiger partial charge in [-0.25, -0.2) is 14.8 Å². The highest BCUT2D eigenvalue weighted by molar-refractivity contribution is 6.01. The Balaban J connectivity index is 1.23. The lowest BCUT2D eigenvalue weighted by molar-refractivity contribution is 0.122. The highest BCUT2D eigenvalue weighted by Crippen LogP contribution is 2.29. The van der Waals surface area contributed by atoms with Crippen LogP contribution in [0.4, 0.5) is 21.9 Å². The van der Waals surface area contributed by atoms with E-state index in [0.717, 1.165) is 32.0 Å². The van der Waals surface area contributed by atoms with Crippen molar-refractivity contribution in [1.29, 1.82) is 0 Å². The minimum Gasteiger partial charge on any atom is -0.378 e.